The third-order valence-corrected chi connectivity index (χ3v) is 0. The van der Waals surface area contributed by atoms with Crippen LogP contribution in [-0.4, -0.2) is 15.4 Å². The lowest BCUT2D eigenvalue weighted by molar-refractivity contribution is 0.824. The zero-order valence-corrected chi connectivity index (χ0v) is 2.68. The van der Waals surface area contributed by atoms with Crippen LogP contribution in [-0.2, 0) is 0 Å². The van der Waals surface area contributed by atoms with Crippen molar-refractivity contribution in [3.8, 4) is 0 Å². The van der Waals surface area contributed by atoms with E-state index in [-0.39, 0.29) is 12.9 Å². The summed E-state index contributed by atoms with van der Waals surface area (Å²) in [4.78, 5) is 6.92. The summed E-state index contributed by atoms with van der Waals surface area (Å²) in [7, 11) is 1.42. The summed E-state index contributed by atoms with van der Waals surface area (Å²) >= 11 is 0. The zero-order chi connectivity index (χ0) is 2.00. The van der Waals surface area contributed by atoms with E-state index in [4.69, 9.17) is 4.89 Å². The molecule has 0 aromatic carbocycles. The Balaban J connectivity index is -0.00000000500. The van der Waals surface area contributed by atoms with Crippen molar-refractivity contribution in [2.75, 3.05) is 0 Å². The van der Waals surface area contributed by atoms with Gasteiger partial charge in [0.2, 0.25) is 0 Å². The molecule has 26 valence electrons. The van der Waals surface area contributed by atoms with Crippen LogP contribution in [0.15, 0.2) is 0 Å². The molecular formula is CH7NOSi. The van der Waals surface area contributed by atoms with Crippen molar-refractivity contribution >= 4 is 9.88 Å². The van der Waals surface area contributed by atoms with E-state index < -0.39 is 0 Å². The van der Waals surface area contributed by atoms with Gasteiger partial charge in [-0.05, 0) is 0 Å². The average Bonchev–Trinajstić information content (AvgIpc) is 1.00. The van der Waals surface area contributed by atoms with Gasteiger partial charge < -0.3 is 5.48 Å². The van der Waals surface area contributed by atoms with Crippen molar-refractivity contribution in [3.63, 3.8) is 0 Å². The predicted molar refractivity (Wildman–Crippen MR) is 19.2 cm³/mol. The molecule has 0 aromatic rings. The minimum absolute atomic E-state index is 0. The van der Waals surface area contributed by atoms with Gasteiger partial charge in [-0.15, -0.1) is 0 Å². The fourth-order valence-electron chi connectivity index (χ4n) is 0. The Bertz CT molecular complexity index is 12.8. The third-order valence-electron chi connectivity index (χ3n) is 0. The summed E-state index contributed by atoms with van der Waals surface area (Å²) in [5.74, 6) is 0. The van der Waals surface area contributed by atoms with Crippen molar-refractivity contribution in [2.24, 2.45) is 0 Å². The maximum atomic E-state index is 6.92. The SMILES string of the molecule is C.N#[SiH].O. The average molecular weight is 77.2 g/mol. The number of hydrogen-bond acceptors (Lipinski definition) is 1. The molecular weight excluding hydrogens is 70.1 g/mol. The van der Waals surface area contributed by atoms with Gasteiger partial charge in [0.25, 0.3) is 0 Å². The van der Waals surface area contributed by atoms with Gasteiger partial charge in [-0.2, -0.15) is 0 Å². The lowest BCUT2D eigenvalue weighted by Crippen LogP contribution is -0.793. The molecule has 2 N–H and O–H groups in total. The molecule has 0 radical (unpaired) electrons. The largest absolute Gasteiger partial charge is 0.412 e. The molecule has 3 heteroatoms. The molecule has 0 saturated heterocycles. The topological polar surface area (TPSA) is 55.3 Å². The first-order chi connectivity index (χ1) is 1.00. The molecule has 0 unspecified atom stereocenters. The van der Waals surface area contributed by atoms with Gasteiger partial charge in [0.1, 0.15) is 0 Å². The van der Waals surface area contributed by atoms with Crippen LogP contribution in [0.2, 0.25) is 0 Å². The summed E-state index contributed by atoms with van der Waals surface area (Å²) in [6.45, 7) is 0. The Morgan fingerprint density at radius 1 is 1.25 bits per heavy atom. The van der Waals surface area contributed by atoms with Crippen LogP contribution in [0.4, 0.5) is 0 Å². The molecule has 0 bridgehead atoms. The highest BCUT2D eigenvalue weighted by molar-refractivity contribution is 5.84. The Hall–Kier alpha value is -0.113. The summed E-state index contributed by atoms with van der Waals surface area (Å²) < 4.78 is 0. The summed E-state index contributed by atoms with van der Waals surface area (Å²) in [6.07, 6.45) is 0. The lowest BCUT2D eigenvalue weighted by atomic mass is 12.0. The van der Waals surface area contributed by atoms with Crippen molar-refractivity contribution in [1.82, 2.24) is 0 Å². The Labute approximate surface area is 28.8 Å². The number of nitrogens with zero attached hydrogens (tertiary/aromatic N) is 1. The third kappa shape index (κ3) is 116. The molecule has 2 nitrogen and oxygen atoms in total. The van der Waals surface area contributed by atoms with Gasteiger partial charge in [0.05, 0.1) is 0 Å². The van der Waals surface area contributed by atoms with Gasteiger partial charge in [-0.1, -0.05) is 7.43 Å². The second-order valence-corrected chi connectivity index (χ2v) is 0. The Morgan fingerprint density at radius 2 is 1.25 bits per heavy atom. The normalized spacial score (nSPS) is 0.500. The van der Waals surface area contributed by atoms with Crippen molar-refractivity contribution in [1.29, 1.82) is 4.89 Å². The fourth-order valence-corrected chi connectivity index (χ4v) is 0. The zero-order valence-electron chi connectivity index (χ0n) is 1.52. The first-order valence-electron chi connectivity index (χ1n) is 0.258. The lowest BCUT2D eigenvalue weighted by Gasteiger charge is -0.679. The van der Waals surface area contributed by atoms with Crippen LogP contribution in [0.1, 0.15) is 7.43 Å². The monoisotopic (exact) mass is 77.0 g/mol. The Morgan fingerprint density at radius 3 is 1.25 bits per heavy atom. The first-order valence-corrected chi connectivity index (χ1v) is 0.775. The molecule has 0 aromatic heterocycles. The minimum Gasteiger partial charge on any atom is -0.412 e. The quantitative estimate of drug-likeness (QED) is 0.348. The highest BCUT2D eigenvalue weighted by atomic mass is 28.1. The summed E-state index contributed by atoms with van der Waals surface area (Å²) in [5.41, 5.74) is 0. The maximum absolute atomic E-state index is 6.92. The van der Waals surface area contributed by atoms with E-state index in [1.54, 1.807) is 0 Å². The molecule has 0 atom stereocenters. The molecule has 4 heavy (non-hydrogen) atoms. The van der Waals surface area contributed by atoms with Crippen LogP contribution in [0.5, 0.6) is 0 Å². The standard InChI is InChI=1S/CH4.HNSi.H2O/c;1-2;/h1H4;2H;1H2. The van der Waals surface area contributed by atoms with Crippen LogP contribution < -0.4 is 0 Å². The summed E-state index contributed by atoms with van der Waals surface area (Å²) in [5, 5.41) is 0. The molecule has 0 heterocycles. The van der Waals surface area contributed by atoms with Crippen LogP contribution in [0.25, 0.3) is 0 Å². The Kier molecular flexibility index (Phi) is 8270. The van der Waals surface area contributed by atoms with Gasteiger partial charge in [0.15, 0.2) is 9.88 Å². The molecule has 0 spiro atoms. The van der Waals surface area contributed by atoms with E-state index in [0.717, 1.165) is 0 Å². The van der Waals surface area contributed by atoms with Crippen LogP contribution in [0.3, 0.4) is 0 Å². The van der Waals surface area contributed by atoms with Gasteiger partial charge in [-0.25, -0.2) is 0 Å². The smallest absolute Gasteiger partial charge is 0.176 e. The van der Waals surface area contributed by atoms with Gasteiger partial charge in [-0.3, -0.25) is 4.89 Å². The second kappa shape index (κ2) is 803. The van der Waals surface area contributed by atoms with E-state index in [9.17, 15) is 0 Å². The van der Waals surface area contributed by atoms with E-state index in [1.807, 2.05) is 0 Å². The first kappa shape index (κ1) is 41.2. The molecule has 0 aliphatic rings. The molecule has 0 amide bonds. The molecule has 0 rings (SSSR count). The predicted octanol–water partition coefficient (Wildman–Crippen LogP) is -0.822. The molecule has 0 aliphatic carbocycles. The number of rotatable bonds is 0. The van der Waals surface area contributed by atoms with Crippen molar-refractivity contribution in [3.05, 3.63) is 0 Å². The van der Waals surface area contributed by atoms with Gasteiger partial charge >= 0.3 is 0 Å². The van der Waals surface area contributed by atoms with Crippen LogP contribution >= 0.6 is 0 Å². The van der Waals surface area contributed by atoms with E-state index in [1.165, 1.54) is 9.88 Å². The molecule has 0 fully saturated rings. The van der Waals surface area contributed by atoms with Crippen molar-refractivity contribution < 1.29 is 5.48 Å². The maximum Gasteiger partial charge on any atom is 0.176 e. The highest BCUT2D eigenvalue weighted by Crippen LogP contribution is 0.427. The van der Waals surface area contributed by atoms with E-state index in [0.29, 0.717) is 0 Å². The molecule has 0 saturated carbocycles. The molecule has 0 aliphatic heterocycles. The highest BCUT2D eigenvalue weighted by Gasteiger charge is 0.566. The van der Waals surface area contributed by atoms with E-state index in [2.05, 4.69) is 0 Å². The van der Waals surface area contributed by atoms with Crippen LogP contribution in [0, 0.1) is 4.89 Å². The minimum atomic E-state index is 0. The van der Waals surface area contributed by atoms with E-state index >= 15 is 0 Å². The van der Waals surface area contributed by atoms with Crippen molar-refractivity contribution in [2.45, 2.75) is 7.43 Å². The van der Waals surface area contributed by atoms with Gasteiger partial charge in [0, 0.05) is 0 Å². The fraction of sp³-hybridized carbons (Fsp3) is 1.00. The number of hydrogen-bond donors (Lipinski definition) is 0. The second-order valence-electron chi connectivity index (χ2n) is 0. The summed E-state index contributed by atoms with van der Waals surface area (Å²) in [6, 6.07) is 0.